The quantitative estimate of drug-likeness (QED) is 0.160. The van der Waals surface area contributed by atoms with E-state index in [2.05, 4.69) is 65.2 Å². The Kier molecular flexibility index (Phi) is 8.39. The van der Waals surface area contributed by atoms with Crippen LogP contribution >= 0.6 is 0 Å². The molecular weight excluding hydrogens is 829 g/mol. The van der Waals surface area contributed by atoms with E-state index >= 15 is 0 Å². The molecule has 0 aliphatic rings. The molecule has 0 atom stereocenters. The summed E-state index contributed by atoms with van der Waals surface area (Å²) >= 11 is 0. The molecule has 0 aliphatic heterocycles. The van der Waals surface area contributed by atoms with Crippen LogP contribution in [0.2, 0.25) is 0 Å². The Morgan fingerprint density at radius 1 is 0.412 bits per heavy atom. The van der Waals surface area contributed by atoms with Gasteiger partial charge in [0.25, 0.3) is 0 Å². The summed E-state index contributed by atoms with van der Waals surface area (Å²) in [6.45, 7) is 0. The van der Waals surface area contributed by atoms with Crippen LogP contribution in [0.4, 0.5) is 0 Å². The molecule has 0 spiro atoms. The number of fused-ring (bicyclic) bond motifs is 8. The first-order valence-corrected chi connectivity index (χ1v) is 22.5. The second kappa shape index (κ2) is 15.9. The number of para-hydroxylation sites is 2. The smallest absolute Gasteiger partial charge is 0.164 e. The molecule has 3 aromatic heterocycles. The maximum atomic E-state index is 11.4. The predicted octanol–water partition coefficient (Wildman–Crippen LogP) is 15.4. The highest BCUT2D eigenvalue weighted by molar-refractivity contribution is 6.26. The van der Waals surface area contributed by atoms with Crippen molar-refractivity contribution in [2.45, 2.75) is 0 Å². The molecule has 13 aromatic rings. The fourth-order valence-electron chi connectivity index (χ4n) is 9.92. The highest BCUT2D eigenvalue weighted by atomic mass is 15.0. The van der Waals surface area contributed by atoms with Gasteiger partial charge < -0.3 is 9.13 Å². The van der Waals surface area contributed by atoms with E-state index in [1.807, 2.05) is 162 Å². The van der Waals surface area contributed by atoms with Crippen molar-refractivity contribution in [3.8, 4) is 73.9 Å². The third-order valence-corrected chi connectivity index (χ3v) is 13.0. The van der Waals surface area contributed by atoms with Crippen LogP contribution in [0.15, 0.2) is 230 Å². The van der Waals surface area contributed by atoms with Gasteiger partial charge in [0, 0.05) is 43.9 Å². The number of nitrogens with zero attached hydrogens (tertiary/aromatic N) is 6. The molecule has 10 aromatic carbocycles. The Bertz CT molecular complexity index is 4240. The Balaban J connectivity index is 1.09. The zero-order valence-corrected chi connectivity index (χ0v) is 36.4. The van der Waals surface area contributed by atoms with Crippen molar-refractivity contribution >= 4 is 54.4 Å². The van der Waals surface area contributed by atoms with Gasteiger partial charge in [-0.05, 0) is 81.5 Å². The van der Waals surface area contributed by atoms with Crippen molar-refractivity contribution in [3.63, 3.8) is 0 Å². The van der Waals surface area contributed by atoms with Crippen LogP contribution in [0.1, 0.15) is 9.68 Å². The maximum absolute atomic E-state index is 11.4. The summed E-state index contributed by atoms with van der Waals surface area (Å²) < 4.78 is 34.2. The molecule has 13 rings (SSSR count). The summed E-state index contributed by atoms with van der Waals surface area (Å²) in [6, 6.07) is 72.6. The third-order valence-electron chi connectivity index (χ3n) is 13.0. The first-order chi connectivity index (χ1) is 35.0. The van der Waals surface area contributed by atoms with Crippen molar-refractivity contribution in [2.24, 2.45) is 0 Å². The first-order valence-electron chi connectivity index (χ1n) is 24.0. The molecule has 0 saturated heterocycles. The van der Waals surface area contributed by atoms with Crippen LogP contribution in [0, 0.1) is 11.3 Å². The number of hydrogen-bond acceptors (Lipinski definition) is 4. The van der Waals surface area contributed by atoms with Gasteiger partial charge in [-0.2, -0.15) is 5.26 Å². The largest absolute Gasteiger partial charge is 0.309 e. The summed E-state index contributed by atoms with van der Waals surface area (Å²) in [5.41, 5.74) is 9.63. The van der Waals surface area contributed by atoms with Gasteiger partial charge in [0.2, 0.25) is 0 Å². The molecule has 0 N–H and O–H groups in total. The van der Waals surface area contributed by atoms with Crippen molar-refractivity contribution in [1.82, 2.24) is 24.1 Å². The number of hydrogen-bond donors (Lipinski definition) is 0. The topological polar surface area (TPSA) is 72.3 Å². The number of aromatic nitrogens is 5. The summed E-state index contributed by atoms with van der Waals surface area (Å²) in [7, 11) is 0. The number of nitriles is 1. The highest BCUT2D eigenvalue weighted by Crippen LogP contribution is 2.43. The average Bonchev–Trinajstić information content (AvgIpc) is 3.95. The van der Waals surface area contributed by atoms with Gasteiger partial charge >= 0.3 is 0 Å². The van der Waals surface area contributed by atoms with E-state index in [0.29, 0.717) is 11.6 Å². The fourth-order valence-corrected chi connectivity index (χ4v) is 9.92. The van der Waals surface area contributed by atoms with E-state index in [9.17, 15) is 9.37 Å². The Hall–Kier alpha value is -9.44. The molecule has 0 bridgehead atoms. The minimum Gasteiger partial charge on any atom is -0.309 e. The van der Waals surface area contributed by atoms with Crippen molar-refractivity contribution in [2.75, 3.05) is 0 Å². The number of benzene rings is 10. The molecule has 6 heteroatoms. The molecule has 0 amide bonds. The summed E-state index contributed by atoms with van der Waals surface area (Å²) in [5, 5.41) is 17.4. The van der Waals surface area contributed by atoms with Gasteiger partial charge in [-0.25, -0.2) is 15.0 Å². The lowest BCUT2D eigenvalue weighted by Crippen LogP contribution is -2.03. The summed E-state index contributed by atoms with van der Waals surface area (Å²) in [6.07, 6.45) is 0. The van der Waals surface area contributed by atoms with E-state index in [0.717, 1.165) is 93.5 Å². The fraction of sp³-hybridized carbons (Fsp3) is 0. The van der Waals surface area contributed by atoms with Gasteiger partial charge in [-0.15, -0.1) is 0 Å². The zero-order valence-electron chi connectivity index (χ0n) is 39.4. The molecule has 0 saturated carbocycles. The minimum atomic E-state index is -0.281. The van der Waals surface area contributed by atoms with Gasteiger partial charge in [0.1, 0.15) is 6.07 Å². The van der Waals surface area contributed by atoms with Crippen molar-refractivity contribution in [1.29, 1.82) is 5.26 Å². The maximum Gasteiger partial charge on any atom is 0.164 e. The SMILES string of the molecule is [2H]c1c([2H])c(-n2c3ccccc3c3ccc4c(c5ccccc5n4-c4ccc5ccccc5c4)c32)c(C#N)c([2H])c1-c1nc(-c2ccccc2-c2ccccc2)nc(-c2ccccc2-c2ccccc2)n1. The lowest BCUT2D eigenvalue weighted by molar-refractivity contribution is 1.07. The third kappa shape index (κ3) is 6.29. The van der Waals surface area contributed by atoms with Crippen LogP contribution in [0.5, 0.6) is 0 Å². The lowest BCUT2D eigenvalue weighted by Gasteiger charge is -2.15. The van der Waals surface area contributed by atoms with E-state index in [-0.39, 0.29) is 40.8 Å². The van der Waals surface area contributed by atoms with Crippen LogP contribution < -0.4 is 0 Å². The molecule has 3 heterocycles. The Morgan fingerprint density at radius 3 is 1.62 bits per heavy atom. The average molecular weight is 870 g/mol. The van der Waals surface area contributed by atoms with Gasteiger partial charge in [-0.1, -0.05) is 182 Å². The summed E-state index contributed by atoms with van der Waals surface area (Å²) in [4.78, 5) is 15.3. The molecule has 0 unspecified atom stereocenters. The van der Waals surface area contributed by atoms with Crippen LogP contribution in [0.3, 0.4) is 0 Å². The molecular formula is C62H38N6. The molecule has 0 radical (unpaired) electrons. The second-order valence-electron chi connectivity index (χ2n) is 16.8. The van der Waals surface area contributed by atoms with Gasteiger partial charge in [-0.3, -0.25) is 0 Å². The predicted molar refractivity (Wildman–Crippen MR) is 278 cm³/mol. The molecule has 0 fully saturated rings. The lowest BCUT2D eigenvalue weighted by atomic mass is 9.98. The second-order valence-corrected chi connectivity index (χ2v) is 16.8. The van der Waals surface area contributed by atoms with Crippen molar-refractivity contribution in [3.05, 3.63) is 236 Å². The molecule has 68 heavy (non-hydrogen) atoms. The molecule has 0 aliphatic carbocycles. The normalized spacial score (nSPS) is 12.1. The Labute approximate surface area is 396 Å². The highest BCUT2D eigenvalue weighted by Gasteiger charge is 2.24. The van der Waals surface area contributed by atoms with Gasteiger partial charge in [0.15, 0.2) is 17.5 Å². The van der Waals surface area contributed by atoms with E-state index < -0.39 is 0 Å². The first kappa shape index (κ1) is 35.9. The van der Waals surface area contributed by atoms with Crippen LogP contribution in [0.25, 0.3) is 122 Å². The number of rotatable bonds is 7. The van der Waals surface area contributed by atoms with Crippen LogP contribution in [-0.4, -0.2) is 24.1 Å². The van der Waals surface area contributed by atoms with Crippen LogP contribution in [-0.2, 0) is 0 Å². The summed E-state index contributed by atoms with van der Waals surface area (Å²) in [5.74, 6) is 0.672. The molecule has 6 nitrogen and oxygen atoms in total. The van der Waals surface area contributed by atoms with Gasteiger partial charge in [0.05, 0.1) is 37.4 Å². The minimum absolute atomic E-state index is 0.0188. The monoisotopic (exact) mass is 869 g/mol. The van der Waals surface area contributed by atoms with E-state index in [4.69, 9.17) is 15.0 Å². The van der Waals surface area contributed by atoms with E-state index in [1.54, 1.807) is 0 Å². The Morgan fingerprint density at radius 2 is 0.956 bits per heavy atom. The standard InChI is InChI=1S/C62H38N6/c63-39-45-37-44(60-64-61(51-26-11-9-23-47(51)41-18-3-1-4-19-41)66-62(65-60)52-27-12-10-24-48(52)42-20-5-2-6-21-42)32-35-54(45)68-55-29-15-13-25-49(55)50-34-36-57-58(59(50)68)53-28-14-16-30-56(53)67(57)46-33-31-40-17-7-8-22-43(40)38-46/h1-38H/i32D,35D,37D. The van der Waals surface area contributed by atoms with Crippen molar-refractivity contribution < 1.29 is 4.11 Å². The van der Waals surface area contributed by atoms with E-state index in [1.165, 1.54) is 0 Å². The zero-order chi connectivity index (χ0) is 47.7. The molecule has 316 valence electrons.